The normalized spacial score (nSPS) is 11.8. The molecule has 1 aromatic heterocycles. The van der Waals surface area contributed by atoms with E-state index in [1.165, 1.54) is 26.2 Å². The van der Waals surface area contributed by atoms with Crippen LogP contribution >= 0.6 is 22.6 Å². The molecule has 0 saturated carbocycles. The molecule has 4 N–H and O–H groups in total. The molecule has 0 unspecified atom stereocenters. The van der Waals surface area contributed by atoms with Crippen molar-refractivity contribution in [2.45, 2.75) is 12.5 Å². The molecule has 11 nitrogen and oxygen atoms in total. The summed E-state index contributed by atoms with van der Waals surface area (Å²) < 4.78 is 21.5. The summed E-state index contributed by atoms with van der Waals surface area (Å²) in [5.74, 6) is -1.47. The van der Waals surface area contributed by atoms with Gasteiger partial charge in [0.1, 0.15) is 12.4 Å². The fourth-order valence-electron chi connectivity index (χ4n) is 2.31. The highest BCUT2D eigenvalue weighted by molar-refractivity contribution is 14.1. The number of ether oxygens (including phenoxy) is 1. The molecule has 0 radical (unpaired) electrons. The number of hydroxylamine groups is 1. The van der Waals surface area contributed by atoms with Crippen LogP contribution in [0.4, 0.5) is 20.7 Å². The lowest BCUT2D eigenvalue weighted by Gasteiger charge is -2.17. The van der Waals surface area contributed by atoms with Crippen LogP contribution in [0, 0.1) is 9.39 Å². The Morgan fingerprint density at radius 3 is 2.63 bits per heavy atom. The molecule has 0 aliphatic heterocycles. The van der Waals surface area contributed by atoms with E-state index in [2.05, 4.69) is 5.32 Å². The summed E-state index contributed by atoms with van der Waals surface area (Å²) in [6.07, 6.45) is -2.21. The first-order valence-corrected chi connectivity index (χ1v) is 9.64. The lowest BCUT2D eigenvalue weighted by molar-refractivity contribution is -0.0177. The molecule has 30 heavy (non-hydrogen) atoms. The van der Waals surface area contributed by atoms with Gasteiger partial charge in [-0.25, -0.2) is 14.0 Å². The number of benzene rings is 1. The van der Waals surface area contributed by atoms with Crippen LogP contribution < -0.4 is 26.8 Å². The third-order valence-electron chi connectivity index (χ3n) is 3.90. The van der Waals surface area contributed by atoms with Crippen molar-refractivity contribution >= 4 is 40.2 Å². The summed E-state index contributed by atoms with van der Waals surface area (Å²) in [6, 6.07) is 4.24. The van der Waals surface area contributed by atoms with E-state index in [-0.39, 0.29) is 31.1 Å². The zero-order valence-electron chi connectivity index (χ0n) is 16.0. The predicted molar refractivity (Wildman–Crippen MR) is 112 cm³/mol. The van der Waals surface area contributed by atoms with E-state index in [0.717, 1.165) is 4.57 Å². The van der Waals surface area contributed by atoms with Crippen molar-refractivity contribution in [3.63, 3.8) is 0 Å². The maximum absolute atomic E-state index is 14.2. The number of anilines is 2. The molecule has 13 heteroatoms. The second-order valence-electron chi connectivity index (χ2n) is 6.10. The van der Waals surface area contributed by atoms with Gasteiger partial charge in [-0.15, -0.1) is 0 Å². The van der Waals surface area contributed by atoms with Gasteiger partial charge in [0.25, 0.3) is 0 Å². The van der Waals surface area contributed by atoms with Crippen LogP contribution in [0.15, 0.2) is 27.8 Å². The highest BCUT2D eigenvalue weighted by Crippen LogP contribution is 2.25. The van der Waals surface area contributed by atoms with Crippen LogP contribution in [0.1, 0.15) is 6.42 Å². The van der Waals surface area contributed by atoms with Crippen LogP contribution in [0.2, 0.25) is 0 Å². The fourth-order valence-corrected chi connectivity index (χ4v) is 2.76. The largest absolute Gasteiger partial charge is 0.437 e. The van der Waals surface area contributed by atoms with E-state index in [1.807, 2.05) is 28.1 Å². The van der Waals surface area contributed by atoms with Crippen LogP contribution in [0.3, 0.4) is 0 Å². The number of halogens is 2. The average molecular weight is 538 g/mol. The zero-order valence-corrected chi connectivity index (χ0v) is 18.2. The molecule has 1 amide bonds. The summed E-state index contributed by atoms with van der Waals surface area (Å²) >= 11 is 1.92. The topological polar surface area (TPSA) is 144 Å². The summed E-state index contributed by atoms with van der Waals surface area (Å²) in [5.41, 5.74) is 0.147. The minimum absolute atomic E-state index is 0.0354. The highest BCUT2D eigenvalue weighted by atomic mass is 127. The summed E-state index contributed by atoms with van der Waals surface area (Å²) in [6.45, 7) is -0.604. The summed E-state index contributed by atoms with van der Waals surface area (Å²) in [4.78, 5) is 41.5. The lowest BCUT2D eigenvalue weighted by Crippen LogP contribution is -2.40. The Morgan fingerprint density at radius 1 is 1.30 bits per heavy atom. The molecule has 164 valence electrons. The van der Waals surface area contributed by atoms with Crippen molar-refractivity contribution in [2.75, 3.05) is 18.5 Å². The molecular formula is C17H20FIN4O7. The monoisotopic (exact) mass is 538 g/mol. The second-order valence-corrected chi connectivity index (χ2v) is 7.35. The fraction of sp³-hybridized carbons (Fsp3) is 0.353. The average Bonchev–Trinajstić information content (AvgIpc) is 2.69. The zero-order chi connectivity index (χ0) is 22.4. The Bertz CT molecular complexity index is 1040. The van der Waals surface area contributed by atoms with Gasteiger partial charge in [-0.3, -0.25) is 18.8 Å². The molecule has 2 rings (SSSR count). The first-order valence-electron chi connectivity index (χ1n) is 8.56. The Hall–Kier alpha value is -2.49. The molecule has 0 aliphatic rings. The maximum Gasteiger partial charge on any atom is 0.437 e. The number of nitrogens with one attached hydrogen (secondary N) is 2. The van der Waals surface area contributed by atoms with Crippen LogP contribution in [0.25, 0.3) is 0 Å². The van der Waals surface area contributed by atoms with Crippen LogP contribution in [-0.4, -0.2) is 44.8 Å². The van der Waals surface area contributed by atoms with Crippen LogP contribution in [-0.2, 0) is 18.9 Å². The molecule has 1 atom stereocenters. The van der Waals surface area contributed by atoms with Gasteiger partial charge in [-0.2, -0.15) is 5.48 Å². The van der Waals surface area contributed by atoms with Crippen molar-refractivity contribution < 1.29 is 29.0 Å². The minimum atomic E-state index is -1.21. The Labute approximate surface area is 183 Å². The minimum Gasteiger partial charge on any atom is -0.399 e. The van der Waals surface area contributed by atoms with Gasteiger partial charge in [0, 0.05) is 24.3 Å². The standard InChI is InChI=1S/C17H20FIN4O7/c1-22-14(20-12-4-3-9(19)7-11(12)18)13(15(26)23(2)17(22)28)30-16(27)21-29-8-10(25)5-6-24/h3-4,7,10,20,24-25H,5-6,8H2,1-2H3,(H,21,27)/t10-/m0/s1. The number of hydrogen-bond donors (Lipinski definition) is 4. The van der Waals surface area contributed by atoms with Crippen molar-refractivity contribution in [3.8, 4) is 5.75 Å². The van der Waals surface area contributed by atoms with Gasteiger partial charge in [0.05, 0.1) is 11.8 Å². The molecule has 0 saturated heterocycles. The number of carbonyl (C=O) groups excluding carboxylic acids is 1. The molecule has 1 aromatic carbocycles. The molecule has 0 spiro atoms. The molecule has 0 bridgehead atoms. The Morgan fingerprint density at radius 2 is 2.00 bits per heavy atom. The van der Waals surface area contributed by atoms with Gasteiger partial charge < -0.3 is 20.3 Å². The van der Waals surface area contributed by atoms with Gasteiger partial charge in [0.15, 0.2) is 5.82 Å². The quantitative estimate of drug-likeness (QED) is 0.278. The third-order valence-corrected chi connectivity index (χ3v) is 4.57. The van der Waals surface area contributed by atoms with E-state index in [9.17, 15) is 23.9 Å². The predicted octanol–water partition coefficient (Wildman–Crippen LogP) is 0.335. The van der Waals surface area contributed by atoms with E-state index in [4.69, 9.17) is 14.7 Å². The second kappa shape index (κ2) is 10.5. The highest BCUT2D eigenvalue weighted by Gasteiger charge is 2.21. The SMILES string of the molecule is Cn1c(Nc2ccc(I)cc2F)c(OC(=O)NOC[C@@H](O)CCO)c(=O)n(C)c1=O. The van der Waals surface area contributed by atoms with E-state index in [1.54, 1.807) is 6.07 Å². The first-order chi connectivity index (χ1) is 14.1. The molecule has 1 heterocycles. The number of aliphatic hydroxyl groups excluding tert-OH is 2. The molecule has 2 aromatic rings. The number of carbonyl (C=O) groups is 1. The summed E-state index contributed by atoms with van der Waals surface area (Å²) in [7, 11) is 2.49. The van der Waals surface area contributed by atoms with Gasteiger partial charge >= 0.3 is 17.3 Å². The number of amides is 1. The van der Waals surface area contributed by atoms with Gasteiger partial charge in [-0.1, -0.05) is 0 Å². The van der Waals surface area contributed by atoms with Gasteiger partial charge in [-0.05, 0) is 47.2 Å². The molecule has 0 fully saturated rings. The van der Waals surface area contributed by atoms with E-state index in [0.29, 0.717) is 8.14 Å². The number of aromatic nitrogens is 2. The van der Waals surface area contributed by atoms with Crippen molar-refractivity contribution in [1.29, 1.82) is 0 Å². The van der Waals surface area contributed by atoms with Crippen LogP contribution in [0.5, 0.6) is 5.75 Å². The Kier molecular flexibility index (Phi) is 8.33. The third kappa shape index (κ3) is 5.78. The first kappa shape index (κ1) is 23.8. The lowest BCUT2D eigenvalue weighted by atomic mass is 10.3. The van der Waals surface area contributed by atoms with Crippen molar-refractivity contribution in [1.82, 2.24) is 14.6 Å². The van der Waals surface area contributed by atoms with Gasteiger partial charge in [0.2, 0.25) is 5.75 Å². The van der Waals surface area contributed by atoms with Crippen molar-refractivity contribution in [3.05, 3.63) is 48.4 Å². The molecule has 0 aliphatic carbocycles. The maximum atomic E-state index is 14.2. The Balaban J connectivity index is 2.31. The number of nitrogens with zero attached hydrogens (tertiary/aromatic N) is 2. The number of hydrogen-bond acceptors (Lipinski definition) is 8. The number of aliphatic hydroxyl groups is 2. The number of rotatable bonds is 8. The van der Waals surface area contributed by atoms with E-state index < -0.39 is 35.0 Å². The van der Waals surface area contributed by atoms with Crippen molar-refractivity contribution in [2.24, 2.45) is 14.1 Å². The van der Waals surface area contributed by atoms with E-state index >= 15 is 0 Å². The molecular weight excluding hydrogens is 518 g/mol. The smallest absolute Gasteiger partial charge is 0.399 e. The summed E-state index contributed by atoms with van der Waals surface area (Å²) in [5, 5.41) is 20.7.